The number of allylic oxidation sites excluding steroid dienone is 1. The Morgan fingerprint density at radius 1 is 0.889 bits per heavy atom. The van der Waals surface area contributed by atoms with E-state index < -0.39 is 0 Å². The summed E-state index contributed by atoms with van der Waals surface area (Å²) in [5, 5.41) is 10.00. The molecule has 7 N–H and O–H groups in total. The van der Waals surface area contributed by atoms with Crippen LogP contribution in [-0.2, 0) is 6.54 Å². The average Bonchev–Trinajstić information content (AvgIpc) is 2.68. The number of nitrogens with two attached hydrogens (primary N) is 3. The molecule has 142 valence electrons. The van der Waals surface area contributed by atoms with E-state index >= 15 is 0 Å². The third-order valence-corrected chi connectivity index (χ3v) is 4.77. The molecule has 0 atom stereocenters. The van der Waals surface area contributed by atoms with E-state index in [0.29, 0.717) is 17.0 Å². The van der Waals surface area contributed by atoms with Gasteiger partial charge in [-0.2, -0.15) is 0 Å². The standard InChI is InChI=1S/C21H27N5O/c22-18(17-8-4-5-9-20(17)27)14-19(21(23)24)26-12-10-25(11-13-26)15-16-6-2-1-3-7-16/h1-9,14,27H,10-13,15,22-24H2/b18-14-. The minimum absolute atomic E-state index is 0.133. The molecule has 6 heteroatoms. The Morgan fingerprint density at radius 2 is 1.52 bits per heavy atom. The molecule has 1 saturated heterocycles. The van der Waals surface area contributed by atoms with Crippen molar-refractivity contribution >= 4 is 5.70 Å². The summed E-state index contributed by atoms with van der Waals surface area (Å²) in [6.07, 6.45) is 1.75. The number of aromatic hydroxyl groups is 1. The lowest BCUT2D eigenvalue weighted by Crippen LogP contribution is -2.46. The van der Waals surface area contributed by atoms with E-state index in [2.05, 4.69) is 34.1 Å². The maximum Gasteiger partial charge on any atom is 0.124 e. The smallest absolute Gasteiger partial charge is 0.124 e. The molecule has 1 aliphatic heterocycles. The molecule has 0 amide bonds. The first kappa shape index (κ1) is 18.7. The van der Waals surface area contributed by atoms with E-state index in [1.54, 1.807) is 24.3 Å². The van der Waals surface area contributed by atoms with Crippen LogP contribution in [-0.4, -0.2) is 41.1 Å². The van der Waals surface area contributed by atoms with Crippen LogP contribution < -0.4 is 17.2 Å². The van der Waals surface area contributed by atoms with E-state index in [1.807, 2.05) is 12.1 Å². The minimum atomic E-state index is 0.133. The number of nitrogens with zero attached hydrogens (tertiary/aromatic N) is 2. The number of benzene rings is 2. The number of hydrogen-bond acceptors (Lipinski definition) is 6. The third-order valence-electron chi connectivity index (χ3n) is 4.77. The van der Waals surface area contributed by atoms with E-state index in [0.717, 1.165) is 32.7 Å². The molecule has 1 fully saturated rings. The molecule has 6 nitrogen and oxygen atoms in total. The zero-order valence-corrected chi connectivity index (χ0v) is 15.4. The van der Waals surface area contributed by atoms with Gasteiger partial charge in [0, 0.05) is 44.0 Å². The fourth-order valence-corrected chi connectivity index (χ4v) is 3.29. The first-order chi connectivity index (χ1) is 13.0. The van der Waals surface area contributed by atoms with Crippen LogP contribution in [0, 0.1) is 0 Å². The second-order valence-corrected chi connectivity index (χ2v) is 6.71. The first-order valence-corrected chi connectivity index (χ1v) is 9.06. The number of piperazine rings is 1. The Balaban J connectivity index is 1.68. The van der Waals surface area contributed by atoms with Crippen molar-refractivity contribution in [2.45, 2.75) is 6.54 Å². The van der Waals surface area contributed by atoms with Crippen molar-refractivity contribution in [1.82, 2.24) is 9.80 Å². The zero-order valence-electron chi connectivity index (χ0n) is 15.4. The molecule has 3 rings (SSSR count). The van der Waals surface area contributed by atoms with Crippen molar-refractivity contribution in [1.29, 1.82) is 0 Å². The van der Waals surface area contributed by atoms with E-state index in [4.69, 9.17) is 17.2 Å². The summed E-state index contributed by atoms with van der Waals surface area (Å²) < 4.78 is 0. The Kier molecular flexibility index (Phi) is 5.88. The van der Waals surface area contributed by atoms with Gasteiger partial charge in [0.15, 0.2) is 0 Å². The number of phenols is 1. The lowest BCUT2D eigenvalue weighted by atomic mass is 10.1. The summed E-state index contributed by atoms with van der Waals surface area (Å²) in [5.41, 5.74) is 21.1. The number of hydrogen-bond donors (Lipinski definition) is 4. The first-order valence-electron chi connectivity index (χ1n) is 9.06. The highest BCUT2D eigenvalue weighted by Gasteiger charge is 2.20. The molecule has 0 bridgehead atoms. The second kappa shape index (κ2) is 8.51. The van der Waals surface area contributed by atoms with Crippen LogP contribution in [0.25, 0.3) is 5.70 Å². The van der Waals surface area contributed by atoms with Gasteiger partial charge in [-0.15, -0.1) is 0 Å². The van der Waals surface area contributed by atoms with Crippen LogP contribution in [0.5, 0.6) is 5.75 Å². The van der Waals surface area contributed by atoms with Crippen LogP contribution in [0.1, 0.15) is 11.1 Å². The fraction of sp³-hybridized carbons (Fsp3) is 0.238. The fourth-order valence-electron chi connectivity index (χ4n) is 3.29. The summed E-state index contributed by atoms with van der Waals surface area (Å²) in [7, 11) is 0. The Morgan fingerprint density at radius 3 is 2.15 bits per heavy atom. The van der Waals surface area contributed by atoms with E-state index in [1.165, 1.54) is 5.56 Å². The lowest BCUT2D eigenvalue weighted by Gasteiger charge is -2.37. The molecule has 0 aromatic heterocycles. The van der Waals surface area contributed by atoms with Crippen LogP contribution >= 0.6 is 0 Å². The highest BCUT2D eigenvalue weighted by molar-refractivity contribution is 5.69. The Labute approximate surface area is 160 Å². The monoisotopic (exact) mass is 365 g/mol. The highest BCUT2D eigenvalue weighted by Crippen LogP contribution is 2.23. The summed E-state index contributed by atoms with van der Waals surface area (Å²) in [4.78, 5) is 4.55. The van der Waals surface area contributed by atoms with Crippen molar-refractivity contribution in [3.63, 3.8) is 0 Å². The van der Waals surface area contributed by atoms with Gasteiger partial charge in [0.2, 0.25) is 0 Å². The minimum Gasteiger partial charge on any atom is -0.507 e. The molecule has 0 unspecified atom stereocenters. The molecule has 27 heavy (non-hydrogen) atoms. The predicted octanol–water partition coefficient (Wildman–Crippen LogP) is 1.60. The van der Waals surface area contributed by atoms with Crippen molar-refractivity contribution < 1.29 is 5.11 Å². The third kappa shape index (κ3) is 4.74. The van der Waals surface area contributed by atoms with E-state index in [-0.39, 0.29) is 11.6 Å². The van der Waals surface area contributed by atoms with Gasteiger partial charge in [-0.3, -0.25) is 4.90 Å². The molecular formula is C21H27N5O. The number of rotatable bonds is 5. The molecule has 2 aromatic carbocycles. The molecule has 0 radical (unpaired) electrons. The SMILES string of the molecule is NC(N)=C(/C=C(\N)c1ccccc1O)N1CCN(Cc2ccccc2)CC1. The van der Waals surface area contributed by atoms with Crippen LogP contribution in [0.4, 0.5) is 0 Å². The van der Waals surface area contributed by atoms with Gasteiger partial charge in [0.05, 0.1) is 5.70 Å². The van der Waals surface area contributed by atoms with Gasteiger partial charge in [0.1, 0.15) is 11.6 Å². The highest BCUT2D eigenvalue weighted by atomic mass is 16.3. The summed E-state index contributed by atoms with van der Waals surface area (Å²) in [6, 6.07) is 17.4. The van der Waals surface area contributed by atoms with Gasteiger partial charge in [-0.1, -0.05) is 42.5 Å². The maximum atomic E-state index is 10.00. The lowest BCUT2D eigenvalue weighted by molar-refractivity contribution is 0.155. The van der Waals surface area contributed by atoms with Crippen molar-refractivity contribution in [2.24, 2.45) is 17.2 Å². The van der Waals surface area contributed by atoms with Crippen molar-refractivity contribution in [2.75, 3.05) is 26.2 Å². The van der Waals surface area contributed by atoms with Crippen LogP contribution in [0.2, 0.25) is 0 Å². The largest absolute Gasteiger partial charge is 0.507 e. The predicted molar refractivity (Wildman–Crippen MR) is 109 cm³/mol. The van der Waals surface area contributed by atoms with Gasteiger partial charge in [0.25, 0.3) is 0 Å². The molecule has 1 heterocycles. The quantitative estimate of drug-likeness (QED) is 0.600. The molecule has 2 aromatic rings. The summed E-state index contributed by atoms with van der Waals surface area (Å²) in [6.45, 7) is 4.38. The Bertz CT molecular complexity index is 819. The molecule has 1 aliphatic rings. The normalized spacial score (nSPS) is 15.6. The molecule has 0 spiro atoms. The summed E-state index contributed by atoms with van der Waals surface area (Å²) >= 11 is 0. The van der Waals surface area contributed by atoms with Gasteiger partial charge in [-0.05, 0) is 23.8 Å². The van der Waals surface area contributed by atoms with Gasteiger partial charge in [-0.25, -0.2) is 0 Å². The summed E-state index contributed by atoms with van der Waals surface area (Å²) in [5.74, 6) is 0.360. The van der Waals surface area contributed by atoms with E-state index in [9.17, 15) is 5.11 Å². The number of para-hydroxylation sites is 1. The maximum absolute atomic E-state index is 10.00. The number of phenolic OH excluding ortho intramolecular Hbond substituents is 1. The molecule has 0 aliphatic carbocycles. The average molecular weight is 365 g/mol. The second-order valence-electron chi connectivity index (χ2n) is 6.71. The van der Waals surface area contributed by atoms with Gasteiger partial charge >= 0.3 is 0 Å². The van der Waals surface area contributed by atoms with Crippen LogP contribution in [0.15, 0.2) is 72.2 Å². The molecular weight excluding hydrogens is 338 g/mol. The van der Waals surface area contributed by atoms with Crippen molar-refractivity contribution in [3.8, 4) is 5.75 Å². The molecule has 0 saturated carbocycles. The van der Waals surface area contributed by atoms with Crippen LogP contribution in [0.3, 0.4) is 0 Å². The topological polar surface area (TPSA) is 105 Å². The van der Waals surface area contributed by atoms with Crippen molar-refractivity contribution in [3.05, 3.63) is 83.3 Å². The Hall–Kier alpha value is -3.12. The van der Waals surface area contributed by atoms with Gasteiger partial charge < -0.3 is 27.2 Å². The zero-order chi connectivity index (χ0) is 19.2.